The first-order chi connectivity index (χ1) is 9.97. The van der Waals surface area contributed by atoms with Crippen molar-refractivity contribution in [3.8, 4) is 0 Å². The standard InChI is InChI=1S/C16H23N3OS/c1-11(2)9-19-15-8-12(3)7-13(4)14(15)10-21(20)16-17-5-6-18-16/h5-8,11,19H,9-10H2,1-4H3,(H,17,18). The zero-order chi connectivity index (χ0) is 15.4. The molecule has 21 heavy (non-hydrogen) atoms. The molecule has 4 nitrogen and oxygen atoms in total. The van der Waals surface area contributed by atoms with Crippen LogP contribution in [0.3, 0.4) is 0 Å². The molecule has 0 saturated carbocycles. The third kappa shape index (κ3) is 4.17. The lowest BCUT2D eigenvalue weighted by Crippen LogP contribution is -2.12. The summed E-state index contributed by atoms with van der Waals surface area (Å²) in [7, 11) is -1.15. The Balaban J connectivity index is 2.26. The van der Waals surface area contributed by atoms with Gasteiger partial charge in [0.25, 0.3) is 0 Å². The van der Waals surface area contributed by atoms with Crippen LogP contribution in [0.1, 0.15) is 30.5 Å². The molecule has 1 atom stereocenters. The summed E-state index contributed by atoms with van der Waals surface area (Å²) in [5, 5.41) is 4.01. The van der Waals surface area contributed by atoms with Gasteiger partial charge in [-0.25, -0.2) is 4.98 Å². The van der Waals surface area contributed by atoms with Gasteiger partial charge in [-0.2, -0.15) is 0 Å². The number of aryl methyl sites for hydroxylation is 2. The average molecular weight is 305 g/mol. The molecule has 0 radical (unpaired) electrons. The summed E-state index contributed by atoms with van der Waals surface area (Å²) in [5.41, 5.74) is 4.57. The van der Waals surface area contributed by atoms with E-state index in [-0.39, 0.29) is 0 Å². The summed E-state index contributed by atoms with van der Waals surface area (Å²) in [6, 6.07) is 4.26. The van der Waals surface area contributed by atoms with E-state index in [1.807, 2.05) is 0 Å². The normalized spacial score (nSPS) is 12.6. The smallest absolute Gasteiger partial charge is 0.196 e. The molecule has 1 heterocycles. The van der Waals surface area contributed by atoms with Crippen molar-refractivity contribution in [1.29, 1.82) is 0 Å². The first-order valence-corrected chi connectivity index (χ1v) is 8.51. The molecule has 0 fully saturated rings. The van der Waals surface area contributed by atoms with Crippen molar-refractivity contribution in [2.24, 2.45) is 5.92 Å². The van der Waals surface area contributed by atoms with Gasteiger partial charge in [0.05, 0.1) is 16.6 Å². The summed E-state index contributed by atoms with van der Waals surface area (Å²) >= 11 is 0. The number of hydrogen-bond donors (Lipinski definition) is 2. The van der Waals surface area contributed by atoms with Crippen molar-refractivity contribution < 1.29 is 4.21 Å². The summed E-state index contributed by atoms with van der Waals surface area (Å²) < 4.78 is 12.4. The third-order valence-corrected chi connectivity index (χ3v) is 4.49. The van der Waals surface area contributed by atoms with Crippen molar-refractivity contribution in [1.82, 2.24) is 9.97 Å². The molecule has 2 aromatic rings. The molecule has 114 valence electrons. The summed E-state index contributed by atoms with van der Waals surface area (Å²) in [4.78, 5) is 7.01. The molecule has 0 aliphatic rings. The van der Waals surface area contributed by atoms with E-state index in [2.05, 4.69) is 55.1 Å². The van der Waals surface area contributed by atoms with Crippen LogP contribution < -0.4 is 5.32 Å². The van der Waals surface area contributed by atoms with Crippen LogP contribution in [0.4, 0.5) is 5.69 Å². The van der Waals surface area contributed by atoms with E-state index in [0.29, 0.717) is 16.8 Å². The van der Waals surface area contributed by atoms with E-state index in [1.165, 1.54) is 11.1 Å². The second-order valence-electron chi connectivity index (χ2n) is 5.77. The summed E-state index contributed by atoms with van der Waals surface area (Å²) in [6.45, 7) is 9.42. The van der Waals surface area contributed by atoms with Crippen LogP contribution in [-0.4, -0.2) is 20.7 Å². The van der Waals surface area contributed by atoms with E-state index in [0.717, 1.165) is 17.8 Å². The van der Waals surface area contributed by atoms with E-state index in [4.69, 9.17) is 0 Å². The maximum absolute atomic E-state index is 12.4. The Kier molecular flexibility index (Phi) is 5.17. The Morgan fingerprint density at radius 3 is 2.71 bits per heavy atom. The Labute approximate surface area is 128 Å². The molecule has 5 heteroatoms. The van der Waals surface area contributed by atoms with Crippen molar-refractivity contribution in [3.05, 3.63) is 41.2 Å². The fourth-order valence-corrected chi connectivity index (χ4v) is 3.40. The van der Waals surface area contributed by atoms with E-state index in [9.17, 15) is 4.21 Å². The van der Waals surface area contributed by atoms with Gasteiger partial charge in [0.2, 0.25) is 0 Å². The van der Waals surface area contributed by atoms with Crippen LogP contribution in [0.5, 0.6) is 0 Å². The minimum absolute atomic E-state index is 0.472. The highest BCUT2D eigenvalue weighted by Crippen LogP contribution is 2.25. The van der Waals surface area contributed by atoms with E-state index in [1.54, 1.807) is 12.4 Å². The van der Waals surface area contributed by atoms with Crippen LogP contribution in [0, 0.1) is 19.8 Å². The quantitative estimate of drug-likeness (QED) is 0.860. The zero-order valence-corrected chi connectivity index (χ0v) is 13.9. The van der Waals surface area contributed by atoms with Crippen LogP contribution >= 0.6 is 0 Å². The molecule has 2 N–H and O–H groups in total. The number of aromatic amines is 1. The van der Waals surface area contributed by atoms with Crippen molar-refractivity contribution in [3.63, 3.8) is 0 Å². The SMILES string of the molecule is Cc1cc(C)c(CS(=O)c2ncc[nH]2)c(NCC(C)C)c1. The number of hydrogen-bond acceptors (Lipinski definition) is 3. The number of benzene rings is 1. The highest BCUT2D eigenvalue weighted by molar-refractivity contribution is 7.84. The average Bonchev–Trinajstić information content (AvgIpc) is 2.93. The van der Waals surface area contributed by atoms with E-state index >= 15 is 0 Å². The molecule has 2 rings (SSSR count). The number of aromatic nitrogens is 2. The van der Waals surface area contributed by atoms with Gasteiger partial charge in [-0.05, 0) is 42.5 Å². The third-order valence-electron chi connectivity index (χ3n) is 3.28. The fraction of sp³-hybridized carbons (Fsp3) is 0.438. The first-order valence-electron chi connectivity index (χ1n) is 7.19. The lowest BCUT2D eigenvalue weighted by atomic mass is 10.0. The lowest BCUT2D eigenvalue weighted by Gasteiger charge is -2.16. The second kappa shape index (κ2) is 6.89. The largest absolute Gasteiger partial charge is 0.385 e. The molecule has 1 aromatic heterocycles. The molecule has 0 saturated heterocycles. The number of imidazole rings is 1. The molecule has 0 bridgehead atoms. The molecular formula is C16H23N3OS. The molecule has 0 amide bonds. The van der Waals surface area contributed by atoms with Crippen molar-refractivity contribution in [2.45, 2.75) is 38.6 Å². The summed E-state index contributed by atoms with van der Waals surface area (Å²) in [5.74, 6) is 1.04. The van der Waals surface area contributed by atoms with Crippen LogP contribution in [0.2, 0.25) is 0 Å². The molecule has 1 aromatic carbocycles. The van der Waals surface area contributed by atoms with Gasteiger partial charge in [-0.1, -0.05) is 19.9 Å². The van der Waals surface area contributed by atoms with Gasteiger partial charge in [0, 0.05) is 24.6 Å². The van der Waals surface area contributed by atoms with Gasteiger partial charge >= 0.3 is 0 Å². The molecule has 0 aliphatic heterocycles. The molecule has 0 aliphatic carbocycles. The number of anilines is 1. The van der Waals surface area contributed by atoms with Crippen LogP contribution in [-0.2, 0) is 16.6 Å². The van der Waals surface area contributed by atoms with Crippen molar-refractivity contribution in [2.75, 3.05) is 11.9 Å². The van der Waals surface area contributed by atoms with Gasteiger partial charge in [-0.3, -0.25) is 4.21 Å². The predicted molar refractivity (Wildman–Crippen MR) is 87.9 cm³/mol. The zero-order valence-electron chi connectivity index (χ0n) is 13.1. The maximum Gasteiger partial charge on any atom is 0.196 e. The number of nitrogens with zero attached hydrogens (tertiary/aromatic N) is 1. The first kappa shape index (κ1) is 15.8. The number of nitrogens with one attached hydrogen (secondary N) is 2. The van der Waals surface area contributed by atoms with Crippen molar-refractivity contribution >= 4 is 16.5 Å². The topological polar surface area (TPSA) is 57.8 Å². The fourth-order valence-electron chi connectivity index (χ4n) is 2.24. The molecular weight excluding hydrogens is 282 g/mol. The highest BCUT2D eigenvalue weighted by Gasteiger charge is 2.14. The van der Waals surface area contributed by atoms with Gasteiger partial charge in [-0.15, -0.1) is 0 Å². The Hall–Kier alpha value is -1.62. The summed E-state index contributed by atoms with van der Waals surface area (Å²) in [6.07, 6.45) is 3.33. The van der Waals surface area contributed by atoms with Crippen LogP contribution in [0.15, 0.2) is 29.7 Å². The highest BCUT2D eigenvalue weighted by atomic mass is 32.2. The lowest BCUT2D eigenvalue weighted by molar-refractivity contribution is 0.676. The second-order valence-corrected chi connectivity index (χ2v) is 7.13. The Morgan fingerprint density at radius 1 is 1.33 bits per heavy atom. The Morgan fingerprint density at radius 2 is 2.10 bits per heavy atom. The number of rotatable bonds is 6. The maximum atomic E-state index is 12.4. The molecule has 1 unspecified atom stereocenters. The minimum Gasteiger partial charge on any atom is -0.385 e. The Bertz CT molecular complexity index is 621. The van der Waals surface area contributed by atoms with Crippen LogP contribution in [0.25, 0.3) is 0 Å². The number of H-pyrrole nitrogens is 1. The van der Waals surface area contributed by atoms with Gasteiger partial charge < -0.3 is 10.3 Å². The van der Waals surface area contributed by atoms with E-state index < -0.39 is 10.8 Å². The molecule has 0 spiro atoms. The van der Waals surface area contributed by atoms with Gasteiger partial charge in [0.15, 0.2) is 5.16 Å². The predicted octanol–water partition coefficient (Wildman–Crippen LogP) is 3.40. The van der Waals surface area contributed by atoms with Gasteiger partial charge in [0.1, 0.15) is 0 Å². The minimum atomic E-state index is -1.15. The monoisotopic (exact) mass is 305 g/mol.